The second-order valence-corrected chi connectivity index (χ2v) is 3.78. The smallest absolute Gasteiger partial charge is 0.321 e. The molecule has 4 nitrogen and oxygen atoms in total. The predicted molar refractivity (Wildman–Crippen MR) is 54.0 cm³/mol. The molecule has 13 heavy (non-hydrogen) atoms. The molecule has 0 aromatic carbocycles. The molecule has 0 aromatic heterocycles. The van der Waals surface area contributed by atoms with Crippen molar-refractivity contribution in [2.45, 2.75) is 19.4 Å². The van der Waals surface area contributed by atoms with Gasteiger partial charge >= 0.3 is 5.97 Å². The van der Waals surface area contributed by atoms with Gasteiger partial charge in [0.2, 0.25) is 0 Å². The van der Waals surface area contributed by atoms with E-state index in [-0.39, 0.29) is 0 Å². The number of carboxylic acids is 1. The zero-order chi connectivity index (χ0) is 10.1. The quantitative estimate of drug-likeness (QED) is 0.569. The van der Waals surface area contributed by atoms with E-state index in [0.29, 0.717) is 12.4 Å². The minimum atomic E-state index is -0.943. The number of carboxylic acid groups (broad SMARTS) is 1. The summed E-state index contributed by atoms with van der Waals surface area (Å²) in [5, 5.41) is 8.45. The highest BCUT2D eigenvalue weighted by Crippen LogP contribution is 2.01. The summed E-state index contributed by atoms with van der Waals surface area (Å²) in [7, 11) is 0. The lowest BCUT2D eigenvalue weighted by Gasteiger charge is -2.05. The zero-order valence-electron chi connectivity index (χ0n) is 7.86. The lowest BCUT2D eigenvalue weighted by molar-refractivity contribution is -0.137. The minimum absolute atomic E-state index is 0.449. The molecule has 0 heterocycles. The van der Waals surface area contributed by atoms with E-state index in [9.17, 15) is 4.79 Å². The number of ether oxygens (including phenoxy) is 1. The highest BCUT2D eigenvalue weighted by atomic mass is 32.2. The standard InChI is InChI=1S/C8H17NO3S/c1-2-3-12-4-5-13-6-7(9)8(10)11/h7H,2-6,9H2,1H3,(H,10,11)/t7-/m1/s1. The molecule has 0 aliphatic carbocycles. The van der Waals surface area contributed by atoms with Crippen LogP contribution in [0.1, 0.15) is 13.3 Å². The fraction of sp³-hybridized carbons (Fsp3) is 0.875. The minimum Gasteiger partial charge on any atom is -0.480 e. The third-order valence-electron chi connectivity index (χ3n) is 1.34. The normalized spacial score (nSPS) is 12.8. The summed E-state index contributed by atoms with van der Waals surface area (Å²) in [5.41, 5.74) is 5.30. The summed E-state index contributed by atoms with van der Waals surface area (Å²) < 4.78 is 5.22. The highest BCUT2D eigenvalue weighted by molar-refractivity contribution is 7.99. The molecule has 0 aliphatic heterocycles. The molecule has 78 valence electrons. The summed E-state index contributed by atoms with van der Waals surface area (Å²) in [6, 6.07) is -0.754. The maximum absolute atomic E-state index is 10.3. The Bertz CT molecular complexity index is 143. The molecule has 0 fully saturated rings. The Hall–Kier alpha value is -0.260. The molecule has 3 N–H and O–H groups in total. The first kappa shape index (κ1) is 12.7. The van der Waals surface area contributed by atoms with E-state index in [1.807, 2.05) is 6.92 Å². The van der Waals surface area contributed by atoms with E-state index in [1.54, 1.807) is 0 Å². The van der Waals surface area contributed by atoms with Crippen LogP contribution in [0, 0.1) is 0 Å². The van der Waals surface area contributed by atoms with Gasteiger partial charge in [-0.3, -0.25) is 4.79 Å². The molecule has 0 saturated heterocycles. The number of nitrogens with two attached hydrogens (primary N) is 1. The first-order chi connectivity index (χ1) is 6.18. The molecule has 5 heteroatoms. The molecule has 0 aromatic rings. The fourth-order valence-corrected chi connectivity index (χ4v) is 1.44. The van der Waals surface area contributed by atoms with Crippen molar-refractivity contribution in [3.63, 3.8) is 0 Å². The number of thioether (sulfide) groups is 1. The first-order valence-electron chi connectivity index (χ1n) is 4.32. The maximum Gasteiger partial charge on any atom is 0.321 e. The molecule has 1 atom stereocenters. The highest BCUT2D eigenvalue weighted by Gasteiger charge is 2.10. The van der Waals surface area contributed by atoms with Gasteiger partial charge in [0.1, 0.15) is 6.04 Å². The number of hydrogen-bond acceptors (Lipinski definition) is 4. The van der Waals surface area contributed by atoms with Crippen LogP contribution in [-0.4, -0.2) is 41.8 Å². The molecule has 0 bridgehead atoms. The predicted octanol–water partition coefficient (Wildman–Crippen LogP) is 0.558. The lowest BCUT2D eigenvalue weighted by atomic mass is 10.4. The molecule has 0 saturated carbocycles. The van der Waals surface area contributed by atoms with E-state index < -0.39 is 12.0 Å². The summed E-state index contributed by atoms with van der Waals surface area (Å²) >= 11 is 1.51. The van der Waals surface area contributed by atoms with Crippen molar-refractivity contribution in [2.75, 3.05) is 24.7 Å². The largest absolute Gasteiger partial charge is 0.480 e. The number of rotatable bonds is 8. The van der Waals surface area contributed by atoms with Crippen LogP contribution in [0.25, 0.3) is 0 Å². The van der Waals surface area contributed by atoms with Gasteiger partial charge in [-0.15, -0.1) is 0 Å². The summed E-state index contributed by atoms with van der Waals surface area (Å²) in [6.07, 6.45) is 1.01. The SMILES string of the molecule is CCCOCCSC[C@@H](N)C(=O)O. The van der Waals surface area contributed by atoms with Gasteiger partial charge in [-0.05, 0) is 6.42 Å². The van der Waals surface area contributed by atoms with Gasteiger partial charge in [-0.2, -0.15) is 11.8 Å². The van der Waals surface area contributed by atoms with E-state index in [1.165, 1.54) is 11.8 Å². The zero-order valence-corrected chi connectivity index (χ0v) is 8.68. The Morgan fingerprint density at radius 3 is 2.85 bits per heavy atom. The first-order valence-corrected chi connectivity index (χ1v) is 5.47. The van der Waals surface area contributed by atoms with E-state index in [0.717, 1.165) is 18.8 Å². The van der Waals surface area contributed by atoms with Crippen molar-refractivity contribution in [2.24, 2.45) is 5.73 Å². The van der Waals surface area contributed by atoms with Crippen LogP contribution in [0.4, 0.5) is 0 Å². The number of carbonyl (C=O) groups is 1. The third kappa shape index (κ3) is 8.08. The fourth-order valence-electron chi connectivity index (χ4n) is 0.646. The van der Waals surface area contributed by atoms with Crippen LogP contribution in [-0.2, 0) is 9.53 Å². The Kier molecular flexibility index (Phi) is 8.18. The monoisotopic (exact) mass is 207 g/mol. The second kappa shape index (κ2) is 8.34. The molecular formula is C8H17NO3S. The summed E-state index contributed by atoms with van der Waals surface area (Å²) in [6.45, 7) is 3.49. The Balaban J connectivity index is 3.11. The van der Waals surface area contributed by atoms with Crippen molar-refractivity contribution >= 4 is 17.7 Å². The number of hydrogen-bond donors (Lipinski definition) is 2. The van der Waals surface area contributed by atoms with Gasteiger partial charge in [0.05, 0.1) is 6.61 Å². The Morgan fingerprint density at radius 2 is 2.31 bits per heavy atom. The Morgan fingerprint density at radius 1 is 1.62 bits per heavy atom. The Labute approximate surface area is 82.8 Å². The molecule has 0 aliphatic rings. The van der Waals surface area contributed by atoms with Crippen LogP contribution < -0.4 is 5.73 Å². The van der Waals surface area contributed by atoms with Gasteiger partial charge in [-0.1, -0.05) is 6.92 Å². The van der Waals surface area contributed by atoms with Crippen LogP contribution >= 0.6 is 11.8 Å². The van der Waals surface area contributed by atoms with Gasteiger partial charge in [0.25, 0.3) is 0 Å². The summed E-state index contributed by atoms with van der Waals surface area (Å²) in [5.74, 6) is 0.313. The van der Waals surface area contributed by atoms with Gasteiger partial charge in [0, 0.05) is 18.1 Å². The molecular weight excluding hydrogens is 190 g/mol. The topological polar surface area (TPSA) is 72.5 Å². The average Bonchev–Trinajstić information content (AvgIpc) is 2.10. The van der Waals surface area contributed by atoms with Crippen LogP contribution in [0.15, 0.2) is 0 Å². The average molecular weight is 207 g/mol. The number of aliphatic carboxylic acids is 1. The van der Waals surface area contributed by atoms with Crippen molar-refractivity contribution in [3.8, 4) is 0 Å². The maximum atomic E-state index is 10.3. The molecule has 0 spiro atoms. The van der Waals surface area contributed by atoms with E-state index in [2.05, 4.69) is 0 Å². The lowest BCUT2D eigenvalue weighted by Crippen LogP contribution is -2.32. The van der Waals surface area contributed by atoms with Crippen molar-refractivity contribution < 1.29 is 14.6 Å². The van der Waals surface area contributed by atoms with Crippen molar-refractivity contribution in [3.05, 3.63) is 0 Å². The van der Waals surface area contributed by atoms with Gasteiger partial charge in [-0.25, -0.2) is 0 Å². The van der Waals surface area contributed by atoms with Crippen molar-refractivity contribution in [1.82, 2.24) is 0 Å². The van der Waals surface area contributed by atoms with Crippen molar-refractivity contribution in [1.29, 1.82) is 0 Å². The summed E-state index contributed by atoms with van der Waals surface area (Å²) in [4.78, 5) is 10.3. The van der Waals surface area contributed by atoms with Crippen LogP contribution in [0.3, 0.4) is 0 Å². The van der Waals surface area contributed by atoms with Gasteiger partial charge in [0.15, 0.2) is 0 Å². The molecule has 0 radical (unpaired) electrons. The van der Waals surface area contributed by atoms with Gasteiger partial charge < -0.3 is 15.6 Å². The van der Waals surface area contributed by atoms with E-state index in [4.69, 9.17) is 15.6 Å². The molecule has 0 rings (SSSR count). The van der Waals surface area contributed by atoms with Crippen LogP contribution in [0.5, 0.6) is 0 Å². The molecule has 0 unspecified atom stereocenters. The second-order valence-electron chi connectivity index (χ2n) is 2.63. The third-order valence-corrected chi connectivity index (χ3v) is 2.39. The molecule has 0 amide bonds. The van der Waals surface area contributed by atoms with Crippen LogP contribution in [0.2, 0.25) is 0 Å². The van der Waals surface area contributed by atoms with E-state index >= 15 is 0 Å².